The molecule has 1 N–H and O–H groups in total. The largest absolute Gasteiger partial charge is 0.306 e. The first-order valence-electron chi connectivity index (χ1n) is 3.93. The third kappa shape index (κ3) is 1.17. The van der Waals surface area contributed by atoms with Crippen LogP contribution in [0.5, 0.6) is 0 Å². The highest BCUT2D eigenvalue weighted by molar-refractivity contribution is 5.75. The maximum atomic E-state index is 13.2. The first-order chi connectivity index (χ1) is 6.59. The molecule has 0 bridgehead atoms. The van der Waals surface area contributed by atoms with Crippen molar-refractivity contribution in [1.82, 2.24) is 9.97 Å². The van der Waals surface area contributed by atoms with Crippen molar-refractivity contribution in [2.75, 3.05) is 0 Å². The summed E-state index contributed by atoms with van der Waals surface area (Å²) in [6.07, 6.45) is 0.739. The van der Waals surface area contributed by atoms with Gasteiger partial charge in [-0.3, -0.25) is 4.79 Å². The van der Waals surface area contributed by atoms with Crippen LogP contribution in [0, 0.1) is 18.6 Å². The highest BCUT2D eigenvalue weighted by atomic mass is 19.2. The van der Waals surface area contributed by atoms with Gasteiger partial charge in [-0.15, -0.1) is 0 Å². The molecule has 0 aliphatic rings. The van der Waals surface area contributed by atoms with Gasteiger partial charge in [0.25, 0.3) is 5.56 Å². The Morgan fingerprint density at radius 2 is 2.14 bits per heavy atom. The van der Waals surface area contributed by atoms with Crippen molar-refractivity contribution in [2.24, 2.45) is 0 Å². The van der Waals surface area contributed by atoms with Gasteiger partial charge in [-0.2, -0.15) is 0 Å². The zero-order chi connectivity index (χ0) is 10.3. The van der Waals surface area contributed by atoms with E-state index in [-0.39, 0.29) is 16.6 Å². The summed E-state index contributed by atoms with van der Waals surface area (Å²) >= 11 is 0. The van der Waals surface area contributed by atoms with Crippen LogP contribution >= 0.6 is 0 Å². The number of pyridine rings is 2. The highest BCUT2D eigenvalue weighted by Crippen LogP contribution is 2.15. The Bertz CT molecular complexity index is 562. The summed E-state index contributed by atoms with van der Waals surface area (Å²) in [5.41, 5.74) is 0.0271. The summed E-state index contributed by atoms with van der Waals surface area (Å²) in [4.78, 5) is 17.0. The molecule has 0 spiro atoms. The van der Waals surface area contributed by atoms with Gasteiger partial charge < -0.3 is 4.98 Å². The molecule has 0 unspecified atom stereocenters. The zero-order valence-corrected chi connectivity index (χ0v) is 7.27. The molecule has 0 atom stereocenters. The second kappa shape index (κ2) is 2.87. The fourth-order valence-electron chi connectivity index (χ4n) is 1.20. The van der Waals surface area contributed by atoms with Crippen LogP contribution in [0.3, 0.4) is 0 Å². The number of rotatable bonds is 0. The van der Waals surface area contributed by atoms with Crippen LogP contribution in [-0.4, -0.2) is 9.97 Å². The van der Waals surface area contributed by atoms with Crippen LogP contribution in [0.4, 0.5) is 8.78 Å². The molecule has 0 saturated heterocycles. The van der Waals surface area contributed by atoms with Crippen LogP contribution in [0.15, 0.2) is 17.1 Å². The Morgan fingerprint density at radius 3 is 2.86 bits per heavy atom. The molecule has 0 aromatic carbocycles. The Hall–Kier alpha value is -1.78. The lowest BCUT2D eigenvalue weighted by Gasteiger charge is -2.00. The zero-order valence-electron chi connectivity index (χ0n) is 7.27. The van der Waals surface area contributed by atoms with Crippen molar-refractivity contribution in [3.8, 4) is 0 Å². The minimum Gasteiger partial charge on any atom is -0.306 e. The van der Waals surface area contributed by atoms with E-state index < -0.39 is 11.6 Å². The van der Waals surface area contributed by atoms with Crippen molar-refractivity contribution in [1.29, 1.82) is 0 Å². The summed E-state index contributed by atoms with van der Waals surface area (Å²) in [6, 6.07) is 1.28. The molecule has 2 rings (SSSR count). The Morgan fingerprint density at radius 1 is 1.43 bits per heavy atom. The number of hydrogen-bond donors (Lipinski definition) is 1. The molecule has 0 aliphatic carbocycles. The third-order valence-electron chi connectivity index (χ3n) is 1.96. The molecule has 72 valence electrons. The van der Waals surface area contributed by atoms with Gasteiger partial charge in [0.05, 0.1) is 11.6 Å². The second-order valence-corrected chi connectivity index (χ2v) is 2.96. The number of nitrogens with one attached hydrogen (secondary N) is 1. The van der Waals surface area contributed by atoms with E-state index in [1.165, 1.54) is 13.0 Å². The van der Waals surface area contributed by atoms with Crippen molar-refractivity contribution in [3.05, 3.63) is 39.8 Å². The van der Waals surface area contributed by atoms with E-state index in [1.54, 1.807) is 0 Å². The standard InChI is InChI=1S/C9H6F2N2O/c1-4-2-5-7(11)6(10)3-12-8(5)13-9(4)14/h2-3H,1H3,(H,12,13,14). The third-order valence-corrected chi connectivity index (χ3v) is 1.96. The molecular weight excluding hydrogens is 190 g/mol. The summed E-state index contributed by atoms with van der Waals surface area (Å²) in [7, 11) is 0. The molecule has 0 amide bonds. The van der Waals surface area contributed by atoms with Gasteiger partial charge in [0.15, 0.2) is 11.6 Å². The SMILES string of the molecule is Cc1cc2c(F)c(F)cnc2[nH]c1=O. The van der Waals surface area contributed by atoms with Crippen molar-refractivity contribution < 1.29 is 8.78 Å². The van der Waals surface area contributed by atoms with Crippen molar-refractivity contribution in [3.63, 3.8) is 0 Å². The molecule has 0 radical (unpaired) electrons. The number of nitrogens with zero attached hydrogens (tertiary/aromatic N) is 1. The van der Waals surface area contributed by atoms with Gasteiger partial charge >= 0.3 is 0 Å². The summed E-state index contributed by atoms with van der Waals surface area (Å²) in [6.45, 7) is 1.52. The van der Waals surface area contributed by atoms with Gasteiger partial charge in [-0.05, 0) is 13.0 Å². The van der Waals surface area contributed by atoms with Crippen molar-refractivity contribution in [2.45, 2.75) is 6.92 Å². The second-order valence-electron chi connectivity index (χ2n) is 2.96. The Kier molecular flexibility index (Phi) is 1.80. The fourth-order valence-corrected chi connectivity index (χ4v) is 1.20. The molecular formula is C9H6F2N2O. The van der Waals surface area contributed by atoms with Crippen LogP contribution < -0.4 is 5.56 Å². The maximum Gasteiger partial charge on any atom is 0.252 e. The normalized spacial score (nSPS) is 10.8. The maximum absolute atomic E-state index is 13.2. The Labute approximate surface area is 77.4 Å². The van der Waals surface area contributed by atoms with E-state index in [4.69, 9.17) is 0 Å². The lowest BCUT2D eigenvalue weighted by molar-refractivity contribution is 0.512. The van der Waals surface area contributed by atoms with E-state index in [2.05, 4.69) is 9.97 Å². The average molecular weight is 196 g/mol. The number of aromatic amines is 1. The minimum atomic E-state index is -1.02. The van der Waals surface area contributed by atoms with Crippen LogP contribution in [0.1, 0.15) is 5.56 Å². The van der Waals surface area contributed by atoms with E-state index >= 15 is 0 Å². The number of halogens is 2. The lowest BCUT2D eigenvalue weighted by Crippen LogP contribution is -2.10. The number of fused-ring (bicyclic) bond motifs is 1. The number of hydrogen-bond acceptors (Lipinski definition) is 2. The van der Waals surface area contributed by atoms with Crippen LogP contribution in [-0.2, 0) is 0 Å². The predicted molar refractivity (Wildman–Crippen MR) is 47.0 cm³/mol. The molecule has 2 heterocycles. The van der Waals surface area contributed by atoms with Gasteiger partial charge in [0.2, 0.25) is 0 Å². The summed E-state index contributed by atoms with van der Waals surface area (Å²) in [5.74, 6) is -2.02. The van der Waals surface area contributed by atoms with Gasteiger partial charge in [0.1, 0.15) is 5.65 Å². The molecule has 14 heavy (non-hydrogen) atoms. The van der Waals surface area contributed by atoms with Crippen LogP contribution in [0.25, 0.3) is 11.0 Å². The number of H-pyrrole nitrogens is 1. The first kappa shape index (κ1) is 8.80. The minimum absolute atomic E-state index is 0.0119. The average Bonchev–Trinajstić information content (AvgIpc) is 2.15. The first-order valence-corrected chi connectivity index (χ1v) is 3.93. The molecule has 2 aromatic heterocycles. The van der Waals surface area contributed by atoms with Gasteiger partial charge in [-0.25, -0.2) is 13.8 Å². The van der Waals surface area contributed by atoms with E-state index in [1.807, 2.05) is 0 Å². The molecule has 3 nitrogen and oxygen atoms in total. The van der Waals surface area contributed by atoms with Gasteiger partial charge in [0, 0.05) is 5.56 Å². The quantitative estimate of drug-likeness (QED) is 0.694. The predicted octanol–water partition coefficient (Wildman–Crippen LogP) is 1.51. The van der Waals surface area contributed by atoms with Crippen molar-refractivity contribution >= 4 is 11.0 Å². The molecule has 0 fully saturated rings. The highest BCUT2D eigenvalue weighted by Gasteiger charge is 2.09. The smallest absolute Gasteiger partial charge is 0.252 e. The van der Waals surface area contributed by atoms with E-state index in [0.717, 1.165) is 6.20 Å². The number of aryl methyl sites for hydroxylation is 1. The van der Waals surface area contributed by atoms with Gasteiger partial charge in [-0.1, -0.05) is 0 Å². The van der Waals surface area contributed by atoms with Crippen LogP contribution in [0.2, 0.25) is 0 Å². The molecule has 0 aliphatic heterocycles. The number of aromatic nitrogens is 2. The summed E-state index contributed by atoms with van der Waals surface area (Å²) in [5, 5.41) is -0.0119. The molecule has 2 aromatic rings. The molecule has 0 saturated carbocycles. The molecule has 5 heteroatoms. The Balaban J connectivity index is 2.97. The fraction of sp³-hybridized carbons (Fsp3) is 0.111. The summed E-state index contributed by atoms with van der Waals surface area (Å²) < 4.78 is 25.9. The van der Waals surface area contributed by atoms with E-state index in [9.17, 15) is 13.6 Å². The monoisotopic (exact) mass is 196 g/mol. The lowest BCUT2D eigenvalue weighted by atomic mass is 10.2. The topological polar surface area (TPSA) is 45.8 Å². The van der Waals surface area contributed by atoms with E-state index in [0.29, 0.717) is 5.56 Å².